The molecule has 1 aliphatic heterocycles. The number of aromatic nitrogens is 3. The minimum absolute atomic E-state index is 0.0167. The van der Waals surface area contributed by atoms with Crippen molar-refractivity contribution in [2.24, 2.45) is 11.3 Å². The van der Waals surface area contributed by atoms with Gasteiger partial charge in [0.1, 0.15) is 17.2 Å². The van der Waals surface area contributed by atoms with E-state index in [1.807, 2.05) is 26.0 Å². The number of pyridine rings is 2. The Morgan fingerprint density at radius 2 is 1.90 bits per heavy atom. The Labute approximate surface area is 253 Å². The van der Waals surface area contributed by atoms with Gasteiger partial charge in [0.15, 0.2) is 5.69 Å². The smallest absolute Gasteiger partial charge is 0.354 e. The minimum Gasteiger partial charge on any atom is -0.490 e. The highest BCUT2D eigenvalue weighted by atomic mass is 35.5. The summed E-state index contributed by atoms with van der Waals surface area (Å²) in [5.41, 5.74) is 4.31. The lowest BCUT2D eigenvalue weighted by molar-refractivity contribution is 0.0486. The van der Waals surface area contributed by atoms with Crippen LogP contribution in [0.3, 0.4) is 0 Å². The van der Waals surface area contributed by atoms with E-state index in [4.69, 9.17) is 32.5 Å². The predicted octanol–water partition coefficient (Wildman–Crippen LogP) is 7.88. The summed E-state index contributed by atoms with van der Waals surface area (Å²) >= 11 is 12.9. The number of ether oxygens (including phenoxy) is 1. The van der Waals surface area contributed by atoms with Gasteiger partial charge in [0, 0.05) is 65.1 Å². The van der Waals surface area contributed by atoms with Crippen LogP contribution < -0.4 is 9.64 Å². The summed E-state index contributed by atoms with van der Waals surface area (Å²) in [6.07, 6.45) is 12.0. The quantitative estimate of drug-likeness (QED) is 0.216. The molecule has 1 saturated heterocycles. The second-order valence-electron chi connectivity index (χ2n) is 12.1. The van der Waals surface area contributed by atoms with Crippen LogP contribution in [0.1, 0.15) is 67.3 Å². The Balaban J connectivity index is 1.06. The highest BCUT2D eigenvalue weighted by Crippen LogP contribution is 2.54. The van der Waals surface area contributed by atoms with Crippen molar-refractivity contribution in [3.8, 4) is 17.0 Å². The Morgan fingerprint density at radius 1 is 1.17 bits per heavy atom. The van der Waals surface area contributed by atoms with Gasteiger partial charge in [-0.1, -0.05) is 40.5 Å². The molecular weight excluding hydrogens is 575 g/mol. The van der Waals surface area contributed by atoms with E-state index in [1.165, 1.54) is 6.07 Å². The minimum atomic E-state index is -1.07. The lowest BCUT2D eigenvalue weighted by Crippen LogP contribution is -2.62. The zero-order valence-electron chi connectivity index (χ0n) is 23.3. The van der Waals surface area contributed by atoms with Gasteiger partial charge in [0.05, 0.1) is 21.7 Å². The lowest BCUT2D eigenvalue weighted by Gasteiger charge is -2.59. The van der Waals surface area contributed by atoms with E-state index in [1.54, 1.807) is 12.4 Å². The van der Waals surface area contributed by atoms with Crippen molar-refractivity contribution in [2.45, 2.75) is 51.6 Å². The van der Waals surface area contributed by atoms with Gasteiger partial charge in [0.2, 0.25) is 0 Å². The lowest BCUT2D eigenvalue weighted by atomic mass is 9.57. The van der Waals surface area contributed by atoms with E-state index >= 15 is 0 Å². The molecule has 1 spiro atoms. The molecule has 10 heteroatoms. The summed E-state index contributed by atoms with van der Waals surface area (Å²) < 4.78 is 11.8. The number of allylic oxidation sites excluding steroid dienone is 1. The SMILES string of the molecule is CC(C)Oc1cc(C(=O)O)nc2ccc(N3CC4(CC(/C=C/c5c(-c6c(Cl)cncc6Cl)noc5C5CC5)C4)C3)cc12. The second kappa shape index (κ2) is 10.3. The van der Waals surface area contributed by atoms with Gasteiger partial charge in [0.25, 0.3) is 0 Å². The third-order valence-electron chi connectivity index (χ3n) is 8.47. The molecule has 3 fully saturated rings. The van der Waals surface area contributed by atoms with E-state index in [-0.39, 0.29) is 11.8 Å². The fraction of sp³-hybridized carbons (Fsp3) is 0.375. The average Bonchev–Trinajstić information content (AvgIpc) is 3.66. The fourth-order valence-electron chi connectivity index (χ4n) is 6.39. The zero-order chi connectivity index (χ0) is 29.2. The summed E-state index contributed by atoms with van der Waals surface area (Å²) in [6, 6.07) is 7.49. The molecule has 8 nitrogen and oxygen atoms in total. The van der Waals surface area contributed by atoms with Crippen molar-refractivity contribution in [3.63, 3.8) is 0 Å². The van der Waals surface area contributed by atoms with E-state index in [0.29, 0.717) is 49.8 Å². The number of hydrogen-bond donors (Lipinski definition) is 1. The molecule has 3 aromatic heterocycles. The largest absolute Gasteiger partial charge is 0.490 e. The van der Waals surface area contributed by atoms with Crippen LogP contribution in [0.15, 0.2) is 47.3 Å². The standard InChI is InChI=1S/C32H30Cl2N4O4/c1-17(2)41-27-10-26(31(39)40)36-25-8-6-20(9-22(25)27)38-15-32(16-38)11-18(12-32)3-7-21-29(37-42-30(21)19-4-5-19)28-23(33)13-35-14-24(28)34/h3,6-10,13-14,17-19H,4-5,11-12,15-16H2,1-2H3,(H,39,40)/b7-3+. The number of rotatable bonds is 8. The molecule has 1 N–H and O–H groups in total. The molecule has 0 bridgehead atoms. The summed E-state index contributed by atoms with van der Waals surface area (Å²) in [6.45, 7) is 5.82. The predicted molar refractivity (Wildman–Crippen MR) is 163 cm³/mol. The summed E-state index contributed by atoms with van der Waals surface area (Å²) in [7, 11) is 0. The summed E-state index contributed by atoms with van der Waals surface area (Å²) in [5, 5.41) is 15.6. The van der Waals surface area contributed by atoms with Crippen molar-refractivity contribution in [2.75, 3.05) is 18.0 Å². The molecule has 3 aliphatic rings. The fourth-order valence-corrected chi connectivity index (χ4v) is 6.94. The van der Waals surface area contributed by atoms with Crippen LogP contribution >= 0.6 is 23.2 Å². The van der Waals surface area contributed by atoms with E-state index in [0.717, 1.165) is 61.2 Å². The maximum absolute atomic E-state index is 11.6. The van der Waals surface area contributed by atoms with Crippen LogP contribution in [0.2, 0.25) is 10.0 Å². The van der Waals surface area contributed by atoms with Gasteiger partial charge in [-0.3, -0.25) is 4.98 Å². The third kappa shape index (κ3) is 4.90. The third-order valence-corrected chi connectivity index (χ3v) is 9.05. The first-order chi connectivity index (χ1) is 20.2. The molecule has 0 unspecified atom stereocenters. The molecule has 0 radical (unpaired) electrons. The van der Waals surface area contributed by atoms with Crippen LogP contribution in [-0.2, 0) is 0 Å². The van der Waals surface area contributed by atoms with Crippen molar-refractivity contribution >= 4 is 51.8 Å². The van der Waals surface area contributed by atoms with Crippen LogP contribution in [0, 0.1) is 11.3 Å². The Hall–Kier alpha value is -3.62. The highest BCUT2D eigenvalue weighted by Gasteiger charge is 2.51. The van der Waals surface area contributed by atoms with Crippen molar-refractivity contribution in [1.29, 1.82) is 0 Å². The number of anilines is 1. The first kappa shape index (κ1) is 27.2. The molecule has 0 atom stereocenters. The molecule has 4 aromatic rings. The van der Waals surface area contributed by atoms with Gasteiger partial charge < -0.3 is 19.3 Å². The molecule has 1 aromatic carbocycles. The Bertz CT molecular complexity index is 1710. The van der Waals surface area contributed by atoms with Crippen LogP contribution in [0.25, 0.3) is 28.2 Å². The highest BCUT2D eigenvalue weighted by molar-refractivity contribution is 6.39. The van der Waals surface area contributed by atoms with Gasteiger partial charge in [-0.05, 0) is 63.6 Å². The number of carboxylic acid groups (broad SMARTS) is 1. The maximum atomic E-state index is 11.6. The van der Waals surface area contributed by atoms with Crippen LogP contribution in [0.5, 0.6) is 5.75 Å². The topological polar surface area (TPSA) is 102 Å². The molecular formula is C32H30Cl2N4O4. The second-order valence-corrected chi connectivity index (χ2v) is 12.9. The normalized spacial score (nSPS) is 18.2. The number of benzene rings is 1. The van der Waals surface area contributed by atoms with Crippen molar-refractivity contribution in [1.82, 2.24) is 15.1 Å². The monoisotopic (exact) mass is 604 g/mol. The summed E-state index contributed by atoms with van der Waals surface area (Å²) in [4.78, 5) is 22.3. The van der Waals surface area contributed by atoms with Gasteiger partial charge >= 0.3 is 5.97 Å². The maximum Gasteiger partial charge on any atom is 0.354 e. The number of nitrogens with zero attached hydrogens (tertiary/aromatic N) is 4. The van der Waals surface area contributed by atoms with Crippen LogP contribution in [0.4, 0.5) is 5.69 Å². The first-order valence-corrected chi connectivity index (χ1v) is 15.0. The van der Waals surface area contributed by atoms with E-state index < -0.39 is 5.97 Å². The van der Waals surface area contributed by atoms with Gasteiger partial charge in [-0.25, -0.2) is 9.78 Å². The molecule has 2 aliphatic carbocycles. The molecule has 2 saturated carbocycles. The van der Waals surface area contributed by atoms with Crippen LogP contribution in [-0.4, -0.2) is 45.4 Å². The number of carboxylic acids is 1. The molecule has 42 heavy (non-hydrogen) atoms. The number of fused-ring (bicyclic) bond motifs is 1. The average molecular weight is 606 g/mol. The van der Waals surface area contributed by atoms with E-state index in [2.05, 4.69) is 38.2 Å². The van der Waals surface area contributed by atoms with Gasteiger partial charge in [-0.15, -0.1) is 0 Å². The van der Waals surface area contributed by atoms with Crippen molar-refractivity contribution < 1.29 is 19.2 Å². The Kier molecular flexibility index (Phi) is 6.66. The first-order valence-electron chi connectivity index (χ1n) is 14.3. The summed E-state index contributed by atoms with van der Waals surface area (Å²) in [5.74, 6) is 1.27. The zero-order valence-corrected chi connectivity index (χ0v) is 24.8. The molecule has 0 amide bonds. The molecule has 216 valence electrons. The van der Waals surface area contributed by atoms with Gasteiger partial charge in [-0.2, -0.15) is 0 Å². The number of aromatic carboxylic acids is 1. The van der Waals surface area contributed by atoms with E-state index in [9.17, 15) is 9.90 Å². The number of hydrogen-bond acceptors (Lipinski definition) is 7. The number of carbonyl (C=O) groups is 1. The molecule has 4 heterocycles. The van der Waals surface area contributed by atoms with Crippen molar-refractivity contribution in [3.05, 3.63) is 69.8 Å². The Morgan fingerprint density at radius 3 is 2.57 bits per heavy atom. The number of halogens is 2. The molecule has 7 rings (SSSR count).